The summed E-state index contributed by atoms with van der Waals surface area (Å²) in [7, 11) is 0. The summed E-state index contributed by atoms with van der Waals surface area (Å²) >= 11 is 0. The molecule has 0 bridgehead atoms. The Labute approximate surface area is 350 Å². The molecule has 1 amide bonds. The number of ketones is 1. The van der Waals surface area contributed by atoms with Gasteiger partial charge >= 0.3 is 5.97 Å². The first-order valence-corrected chi connectivity index (χ1v) is 21.0. The highest BCUT2D eigenvalue weighted by Gasteiger charge is 2.73. The van der Waals surface area contributed by atoms with Crippen LogP contribution in [0.5, 0.6) is 5.75 Å². The number of nitrogens with one attached hydrogen (secondary N) is 1. The monoisotopic (exact) mass is 800 g/mol. The molecule has 4 aliphatic rings. The van der Waals surface area contributed by atoms with Crippen molar-refractivity contribution in [3.05, 3.63) is 167 Å². The van der Waals surface area contributed by atoms with Crippen molar-refractivity contribution in [1.82, 2.24) is 4.90 Å². The summed E-state index contributed by atoms with van der Waals surface area (Å²) in [6.07, 6.45) is 3.16. The molecule has 0 aromatic heterocycles. The minimum Gasteiger partial charge on any atom is -0.508 e. The van der Waals surface area contributed by atoms with E-state index in [0.29, 0.717) is 40.8 Å². The molecule has 3 aliphatic heterocycles. The molecule has 9 heteroatoms. The predicted octanol–water partition coefficient (Wildman–Crippen LogP) is 8.18. The highest BCUT2D eigenvalue weighted by molar-refractivity contribution is 6.12. The standard InChI is InChI=1S/C51H48N2O7/c54-38-23-21-37(22-24-38)47-51(39-32-33(20-25-40(39)52-49(51)58)28-31-50(59)29-12-1-2-13-30-50)43(42(56)27-26-41(55)34-14-6-3-7-15-34)45-48(57)60-46(36-18-10-5-11-19-36)44(53(45)47)35-16-8-4-9-17-35/h3-11,14-25,32,41,43-47,54-55,59H,1-2,12-13,26-27,29-30H2,(H,52,58)/t41-,43-,44+,45+,46-,47-,51+/m0/s1. The number of phenols is 1. The van der Waals surface area contributed by atoms with E-state index in [9.17, 15) is 15.3 Å². The van der Waals surface area contributed by atoms with Gasteiger partial charge in [-0.15, -0.1) is 0 Å². The molecule has 60 heavy (non-hydrogen) atoms. The zero-order valence-electron chi connectivity index (χ0n) is 33.2. The fourth-order valence-electron chi connectivity index (χ4n) is 10.3. The maximum absolute atomic E-state index is 15.4. The average molecular weight is 801 g/mol. The van der Waals surface area contributed by atoms with Crippen LogP contribution >= 0.6 is 0 Å². The molecule has 1 saturated carbocycles. The number of hydrogen-bond donors (Lipinski definition) is 4. The van der Waals surface area contributed by atoms with Gasteiger partial charge in [0.1, 0.15) is 34.7 Å². The summed E-state index contributed by atoms with van der Waals surface area (Å²) in [5.41, 5.74) is 1.57. The summed E-state index contributed by atoms with van der Waals surface area (Å²) in [4.78, 5) is 47.8. The number of phenolic OH excluding ortho intramolecular Hbond substituents is 1. The average Bonchev–Trinajstić information content (AvgIpc) is 3.64. The molecule has 9 rings (SSSR count). The molecule has 0 radical (unpaired) electrons. The molecule has 5 aromatic carbocycles. The smallest absolute Gasteiger partial charge is 0.324 e. The van der Waals surface area contributed by atoms with Crippen LogP contribution in [0.4, 0.5) is 5.69 Å². The van der Waals surface area contributed by atoms with Crippen LogP contribution in [-0.2, 0) is 24.5 Å². The molecule has 304 valence electrons. The van der Waals surface area contributed by atoms with Gasteiger partial charge in [-0.05, 0) is 90.3 Å². The van der Waals surface area contributed by atoms with Crippen molar-refractivity contribution in [3.8, 4) is 17.6 Å². The normalized spacial score (nSPS) is 26.1. The number of anilines is 1. The Bertz CT molecular complexity index is 2440. The number of hydrogen-bond acceptors (Lipinski definition) is 8. The molecule has 1 aliphatic carbocycles. The van der Waals surface area contributed by atoms with Gasteiger partial charge in [-0.1, -0.05) is 128 Å². The van der Waals surface area contributed by atoms with Gasteiger partial charge in [0.15, 0.2) is 0 Å². The zero-order chi connectivity index (χ0) is 41.4. The van der Waals surface area contributed by atoms with Gasteiger partial charge in [-0.25, -0.2) is 0 Å². The first-order valence-electron chi connectivity index (χ1n) is 21.0. The number of ether oxygens (including phenoxy) is 1. The highest BCUT2D eigenvalue weighted by Crippen LogP contribution is 2.65. The van der Waals surface area contributed by atoms with Gasteiger partial charge in [-0.2, -0.15) is 0 Å². The minimum absolute atomic E-state index is 0.0231. The van der Waals surface area contributed by atoms with Crippen molar-refractivity contribution in [1.29, 1.82) is 0 Å². The lowest BCUT2D eigenvalue weighted by atomic mass is 9.63. The molecule has 9 nitrogen and oxygen atoms in total. The molecule has 7 atom stereocenters. The number of aromatic hydroxyl groups is 1. The third-order valence-electron chi connectivity index (χ3n) is 13.1. The number of Topliss-reactive ketones (excluding diaryl/α,β-unsaturated/α-hetero) is 1. The van der Waals surface area contributed by atoms with E-state index >= 15 is 14.4 Å². The van der Waals surface area contributed by atoms with Crippen LogP contribution in [0.1, 0.15) is 109 Å². The lowest BCUT2D eigenvalue weighted by Gasteiger charge is -2.46. The topological polar surface area (TPSA) is 136 Å². The van der Waals surface area contributed by atoms with E-state index in [2.05, 4.69) is 17.2 Å². The number of aliphatic hydroxyl groups is 2. The lowest BCUT2D eigenvalue weighted by molar-refractivity contribution is -0.178. The second-order valence-electron chi connectivity index (χ2n) is 16.7. The lowest BCUT2D eigenvalue weighted by Crippen LogP contribution is -2.52. The van der Waals surface area contributed by atoms with Crippen LogP contribution in [0.25, 0.3) is 0 Å². The Kier molecular flexibility index (Phi) is 10.6. The summed E-state index contributed by atoms with van der Waals surface area (Å²) in [5, 5.41) is 36.5. The number of benzene rings is 5. The number of aliphatic hydroxyl groups excluding tert-OH is 1. The summed E-state index contributed by atoms with van der Waals surface area (Å²) in [6, 6.07) is 37.5. The Balaban J connectivity index is 1.27. The van der Waals surface area contributed by atoms with Crippen molar-refractivity contribution < 1.29 is 34.4 Å². The molecule has 5 aromatic rings. The van der Waals surface area contributed by atoms with Crippen molar-refractivity contribution in [2.75, 3.05) is 5.32 Å². The molecule has 3 fully saturated rings. The van der Waals surface area contributed by atoms with Crippen molar-refractivity contribution in [2.24, 2.45) is 5.92 Å². The third-order valence-corrected chi connectivity index (χ3v) is 13.1. The summed E-state index contributed by atoms with van der Waals surface area (Å²) in [5.74, 6) is 3.71. The van der Waals surface area contributed by atoms with Gasteiger partial charge in [0.25, 0.3) is 0 Å². The number of carbonyl (C=O) groups is 3. The molecule has 1 spiro atoms. The van der Waals surface area contributed by atoms with Gasteiger partial charge in [0.05, 0.1) is 24.1 Å². The Morgan fingerprint density at radius 2 is 1.42 bits per heavy atom. The third kappa shape index (κ3) is 6.98. The Morgan fingerprint density at radius 1 is 0.783 bits per heavy atom. The van der Waals surface area contributed by atoms with E-state index in [-0.39, 0.29) is 24.4 Å². The van der Waals surface area contributed by atoms with E-state index in [1.54, 1.807) is 42.5 Å². The fraction of sp³-hybridized carbons (Fsp3) is 0.314. The van der Waals surface area contributed by atoms with E-state index in [1.165, 1.54) is 0 Å². The number of carbonyl (C=O) groups excluding carboxylic acids is 3. The van der Waals surface area contributed by atoms with E-state index in [1.807, 2.05) is 95.9 Å². The molecular formula is C51H48N2O7. The number of morpholine rings is 1. The van der Waals surface area contributed by atoms with Gasteiger partial charge in [0, 0.05) is 17.7 Å². The van der Waals surface area contributed by atoms with E-state index in [0.717, 1.165) is 36.8 Å². The van der Waals surface area contributed by atoms with Crippen molar-refractivity contribution in [2.45, 2.75) is 92.7 Å². The van der Waals surface area contributed by atoms with Gasteiger partial charge in [-0.3, -0.25) is 19.3 Å². The largest absolute Gasteiger partial charge is 0.508 e. The van der Waals surface area contributed by atoms with E-state index < -0.39 is 59.1 Å². The number of nitrogens with zero attached hydrogens (tertiary/aromatic N) is 1. The molecule has 4 N–H and O–H groups in total. The second-order valence-corrected chi connectivity index (χ2v) is 16.7. The number of esters is 1. The SMILES string of the molecule is O=C1O[C@@H](c2ccccc2)[C@@H](c2ccccc2)N2[C@@H](c3ccc(O)cc3)[C@]3(C(=O)Nc4ccc(C#CC5(O)CCCCCC5)cc43)[C@@H](C(=O)CC[C@H](O)c3ccccc3)[C@H]12. The van der Waals surface area contributed by atoms with Crippen LogP contribution in [0, 0.1) is 17.8 Å². The van der Waals surface area contributed by atoms with Crippen LogP contribution in [0.15, 0.2) is 133 Å². The number of cyclic esters (lactones) is 1. The molecule has 3 heterocycles. The quantitative estimate of drug-likeness (QED) is 0.0701. The van der Waals surface area contributed by atoms with Gasteiger partial charge in [0.2, 0.25) is 5.91 Å². The summed E-state index contributed by atoms with van der Waals surface area (Å²) < 4.78 is 6.50. The maximum Gasteiger partial charge on any atom is 0.324 e. The first kappa shape index (κ1) is 39.4. The molecule has 2 saturated heterocycles. The van der Waals surface area contributed by atoms with E-state index in [4.69, 9.17) is 4.74 Å². The van der Waals surface area contributed by atoms with Crippen molar-refractivity contribution >= 4 is 23.3 Å². The Morgan fingerprint density at radius 3 is 2.08 bits per heavy atom. The van der Waals surface area contributed by atoms with Gasteiger partial charge < -0.3 is 25.4 Å². The first-order chi connectivity index (χ1) is 29.2. The van der Waals surface area contributed by atoms with Crippen LogP contribution in [0.3, 0.4) is 0 Å². The second kappa shape index (κ2) is 16.2. The number of amides is 1. The van der Waals surface area contributed by atoms with Crippen molar-refractivity contribution in [3.63, 3.8) is 0 Å². The maximum atomic E-state index is 15.4. The van der Waals surface area contributed by atoms with Crippen LogP contribution in [-0.4, -0.2) is 49.5 Å². The fourth-order valence-corrected chi connectivity index (χ4v) is 10.3. The zero-order valence-corrected chi connectivity index (χ0v) is 33.2. The minimum atomic E-state index is -1.71. The Hall–Kier alpha value is -6.05. The summed E-state index contributed by atoms with van der Waals surface area (Å²) in [6.45, 7) is 0. The van der Waals surface area contributed by atoms with Crippen LogP contribution < -0.4 is 5.32 Å². The molecular weight excluding hydrogens is 753 g/mol. The number of fused-ring (bicyclic) bond motifs is 3. The number of rotatable bonds is 8. The predicted molar refractivity (Wildman–Crippen MR) is 226 cm³/mol. The van der Waals surface area contributed by atoms with Crippen LogP contribution in [0.2, 0.25) is 0 Å². The highest BCUT2D eigenvalue weighted by atomic mass is 16.6. The molecule has 0 unspecified atom stereocenters.